The highest BCUT2D eigenvalue weighted by molar-refractivity contribution is 8.04. The fraction of sp³-hybridized carbons (Fsp3) is 0.0909. The molecule has 0 radical (unpaired) electrons. The lowest BCUT2D eigenvalue weighted by Crippen LogP contribution is -2.46. The van der Waals surface area contributed by atoms with Crippen molar-refractivity contribution in [1.82, 2.24) is 0 Å². The van der Waals surface area contributed by atoms with Gasteiger partial charge in [-0.1, -0.05) is 115 Å². The zero-order valence-corrected chi connectivity index (χ0v) is 22.1. The molecule has 0 aliphatic heterocycles. The van der Waals surface area contributed by atoms with Crippen LogP contribution < -0.4 is 26.5 Å². The Morgan fingerprint density at radius 2 is 0.657 bits per heavy atom. The second-order valence-electron chi connectivity index (χ2n) is 9.18. The fourth-order valence-electron chi connectivity index (χ4n) is 5.43. The summed E-state index contributed by atoms with van der Waals surface area (Å²) in [7, 11) is -2.82. The molecule has 5 aromatic carbocycles. The molecule has 0 aliphatic carbocycles. The Kier molecular flexibility index (Phi) is 6.97. The summed E-state index contributed by atoms with van der Waals surface area (Å²) in [4.78, 5) is -0.0743. The first kappa shape index (κ1) is 23.7. The normalized spacial score (nSPS) is 12.0. The standard InChI is InChI=1S/C33H31P2/c1-33(2,34(28-18-8-3-9-19-28)29-20-10-4-11-21-29)35(30-22-12-5-13-23-30,31-24-14-6-15-25-31)32-26-16-7-17-27-32/h3-27H,1-2H3/q+1. The molecule has 0 amide bonds. The zero-order chi connectivity index (χ0) is 24.1. The quantitative estimate of drug-likeness (QED) is 0.219. The SMILES string of the molecule is CC(C)(P(c1ccccc1)c1ccccc1)[P+](c1ccccc1)(c1ccccc1)c1ccccc1. The van der Waals surface area contributed by atoms with Gasteiger partial charge in [-0.3, -0.25) is 0 Å². The number of benzene rings is 5. The van der Waals surface area contributed by atoms with Crippen LogP contribution in [0.3, 0.4) is 0 Å². The topological polar surface area (TPSA) is 0 Å². The van der Waals surface area contributed by atoms with E-state index in [2.05, 4.69) is 166 Å². The lowest BCUT2D eigenvalue weighted by molar-refractivity contribution is 0.995. The summed E-state index contributed by atoms with van der Waals surface area (Å²) in [5.74, 6) is 0. The van der Waals surface area contributed by atoms with Gasteiger partial charge in [-0.15, -0.1) is 0 Å². The van der Waals surface area contributed by atoms with E-state index in [0.29, 0.717) is 0 Å². The molecule has 5 aromatic rings. The Hall–Kier alpha value is -3.04. The molecule has 2 heteroatoms. The van der Waals surface area contributed by atoms with Gasteiger partial charge < -0.3 is 0 Å². The maximum absolute atomic E-state index is 2.53. The Morgan fingerprint density at radius 3 is 0.943 bits per heavy atom. The summed E-state index contributed by atoms with van der Waals surface area (Å²) in [6.45, 7) is 5.05. The van der Waals surface area contributed by atoms with Gasteiger partial charge in [0, 0.05) is 7.92 Å². The van der Waals surface area contributed by atoms with Crippen molar-refractivity contribution in [3.05, 3.63) is 152 Å². The Bertz CT molecular complexity index is 1200. The number of hydrogen-bond acceptors (Lipinski definition) is 0. The average Bonchev–Trinajstić information content (AvgIpc) is 2.92. The minimum atomic E-state index is -2.11. The summed E-state index contributed by atoms with van der Waals surface area (Å²) in [5, 5.41) is 7.14. The summed E-state index contributed by atoms with van der Waals surface area (Å²) < 4.78 is 0. The van der Waals surface area contributed by atoms with E-state index in [1.807, 2.05) is 0 Å². The highest BCUT2D eigenvalue weighted by atomic mass is 31.2. The van der Waals surface area contributed by atoms with Crippen LogP contribution in [0.15, 0.2) is 152 Å². The van der Waals surface area contributed by atoms with E-state index in [-0.39, 0.29) is 4.90 Å². The van der Waals surface area contributed by atoms with Crippen LogP contribution >= 0.6 is 15.2 Å². The molecule has 0 bridgehead atoms. The van der Waals surface area contributed by atoms with Crippen molar-refractivity contribution in [1.29, 1.82) is 0 Å². The van der Waals surface area contributed by atoms with Crippen LogP contribution in [0.25, 0.3) is 0 Å². The molecule has 0 spiro atoms. The van der Waals surface area contributed by atoms with Crippen molar-refractivity contribution in [2.24, 2.45) is 0 Å². The molecule has 0 aromatic heterocycles. The van der Waals surface area contributed by atoms with Crippen molar-refractivity contribution < 1.29 is 0 Å². The molecule has 35 heavy (non-hydrogen) atoms. The van der Waals surface area contributed by atoms with E-state index in [4.69, 9.17) is 0 Å². The van der Waals surface area contributed by atoms with Gasteiger partial charge >= 0.3 is 0 Å². The maximum Gasteiger partial charge on any atom is 0.122 e. The van der Waals surface area contributed by atoms with Gasteiger partial charge in [0.15, 0.2) is 0 Å². The molecule has 0 N–H and O–H groups in total. The van der Waals surface area contributed by atoms with E-state index < -0.39 is 15.2 Å². The smallest absolute Gasteiger partial charge is 0.0622 e. The van der Waals surface area contributed by atoms with E-state index >= 15 is 0 Å². The predicted molar refractivity (Wildman–Crippen MR) is 158 cm³/mol. The molecular weight excluding hydrogens is 458 g/mol. The van der Waals surface area contributed by atoms with E-state index in [0.717, 1.165) is 0 Å². The molecule has 0 unspecified atom stereocenters. The van der Waals surface area contributed by atoms with Gasteiger partial charge in [-0.2, -0.15) is 0 Å². The van der Waals surface area contributed by atoms with Crippen molar-refractivity contribution in [3.8, 4) is 0 Å². The van der Waals surface area contributed by atoms with Gasteiger partial charge in [0.2, 0.25) is 0 Å². The summed E-state index contributed by atoms with van der Waals surface area (Å²) in [5.41, 5.74) is 0. The van der Waals surface area contributed by atoms with Crippen LogP contribution in [0, 0.1) is 0 Å². The van der Waals surface area contributed by atoms with E-state index in [1.54, 1.807) is 0 Å². The van der Waals surface area contributed by atoms with Crippen molar-refractivity contribution in [2.75, 3.05) is 0 Å². The molecule has 0 saturated carbocycles. The van der Waals surface area contributed by atoms with Crippen LogP contribution in [0.2, 0.25) is 0 Å². The molecule has 0 atom stereocenters. The monoisotopic (exact) mass is 489 g/mol. The highest BCUT2D eigenvalue weighted by Gasteiger charge is 2.61. The molecule has 0 aliphatic rings. The van der Waals surface area contributed by atoms with Crippen LogP contribution in [0.4, 0.5) is 0 Å². The Balaban J connectivity index is 1.90. The van der Waals surface area contributed by atoms with Crippen molar-refractivity contribution >= 4 is 41.7 Å². The summed E-state index contributed by atoms with van der Waals surface area (Å²) in [6, 6.07) is 56.2. The van der Waals surface area contributed by atoms with Crippen LogP contribution in [0.5, 0.6) is 0 Å². The molecule has 0 fully saturated rings. The first-order valence-corrected chi connectivity index (χ1v) is 15.2. The highest BCUT2D eigenvalue weighted by Crippen LogP contribution is 2.75. The minimum Gasteiger partial charge on any atom is -0.0622 e. The zero-order valence-electron chi connectivity index (χ0n) is 20.3. The second-order valence-corrected chi connectivity index (χ2v) is 16.4. The third-order valence-electron chi connectivity index (χ3n) is 6.83. The molecule has 172 valence electrons. The third-order valence-corrected chi connectivity index (χ3v) is 15.9. The lowest BCUT2D eigenvalue weighted by atomic mass is 10.3. The molecule has 0 nitrogen and oxygen atoms in total. The Labute approximate surface area is 211 Å². The van der Waals surface area contributed by atoms with Gasteiger partial charge in [0.05, 0.1) is 0 Å². The third kappa shape index (κ3) is 4.27. The first-order chi connectivity index (χ1) is 17.2. The number of hydrogen-bond donors (Lipinski definition) is 0. The predicted octanol–water partition coefficient (Wildman–Crippen LogP) is 6.85. The Morgan fingerprint density at radius 1 is 0.400 bits per heavy atom. The van der Waals surface area contributed by atoms with Crippen LogP contribution in [-0.2, 0) is 0 Å². The second kappa shape index (κ2) is 10.3. The number of rotatable bonds is 7. The molecule has 5 rings (SSSR count). The summed E-state index contributed by atoms with van der Waals surface area (Å²) >= 11 is 0. The molecule has 0 heterocycles. The van der Waals surface area contributed by atoms with Crippen molar-refractivity contribution in [2.45, 2.75) is 18.7 Å². The van der Waals surface area contributed by atoms with Gasteiger partial charge in [-0.05, 0) is 60.9 Å². The van der Waals surface area contributed by atoms with Gasteiger partial charge in [-0.25, -0.2) is 0 Å². The van der Waals surface area contributed by atoms with Gasteiger partial charge in [0.25, 0.3) is 0 Å². The largest absolute Gasteiger partial charge is 0.122 e. The lowest BCUT2D eigenvalue weighted by Gasteiger charge is -2.45. The molecule has 0 saturated heterocycles. The van der Waals surface area contributed by atoms with Crippen molar-refractivity contribution in [3.63, 3.8) is 0 Å². The average molecular weight is 490 g/mol. The van der Waals surface area contributed by atoms with Crippen LogP contribution in [0.1, 0.15) is 13.8 Å². The fourth-order valence-corrected chi connectivity index (χ4v) is 15.5. The molecular formula is C33H31P2+. The first-order valence-electron chi connectivity index (χ1n) is 12.1. The van der Waals surface area contributed by atoms with Crippen LogP contribution in [-0.4, -0.2) is 4.90 Å². The minimum absolute atomic E-state index is 0.0743. The maximum atomic E-state index is 2.53. The summed E-state index contributed by atoms with van der Waals surface area (Å²) in [6.07, 6.45) is 0. The van der Waals surface area contributed by atoms with E-state index in [9.17, 15) is 0 Å². The van der Waals surface area contributed by atoms with E-state index in [1.165, 1.54) is 26.5 Å². The van der Waals surface area contributed by atoms with Gasteiger partial charge in [0.1, 0.15) is 28.1 Å².